The molecule has 0 aliphatic heterocycles. The van der Waals surface area contributed by atoms with Gasteiger partial charge in [0.25, 0.3) is 5.91 Å². The fraction of sp³-hybridized carbons (Fsp3) is 0.435. The molecule has 0 saturated heterocycles. The molecule has 6 heteroatoms. The Balaban J connectivity index is 1.36. The number of nitrogens with one attached hydrogen (secondary N) is 2. The SMILES string of the molecule is O=C(Nc1ccc2[nH]ccc2c1)c1cc(N(CC2CC2)C2CCCCC2)ncn1. The summed E-state index contributed by atoms with van der Waals surface area (Å²) in [7, 11) is 0. The lowest BCUT2D eigenvalue weighted by Crippen LogP contribution is -2.39. The van der Waals surface area contributed by atoms with Crippen LogP contribution in [0.3, 0.4) is 0 Å². The molecule has 6 nitrogen and oxygen atoms in total. The Kier molecular flexibility index (Phi) is 4.92. The summed E-state index contributed by atoms with van der Waals surface area (Å²) in [6, 6.07) is 10.2. The predicted octanol–water partition coefficient (Wildman–Crippen LogP) is 4.76. The molecular weight excluding hydrogens is 362 g/mol. The van der Waals surface area contributed by atoms with Gasteiger partial charge in [-0.25, -0.2) is 9.97 Å². The van der Waals surface area contributed by atoms with E-state index in [4.69, 9.17) is 0 Å². The first-order chi connectivity index (χ1) is 14.3. The van der Waals surface area contributed by atoms with Crippen LogP contribution in [0.15, 0.2) is 42.9 Å². The van der Waals surface area contributed by atoms with Crippen LogP contribution in [0.2, 0.25) is 0 Å². The van der Waals surface area contributed by atoms with Crippen LogP contribution in [0, 0.1) is 5.92 Å². The number of rotatable bonds is 6. The van der Waals surface area contributed by atoms with E-state index in [1.54, 1.807) is 0 Å². The predicted molar refractivity (Wildman–Crippen MR) is 115 cm³/mol. The van der Waals surface area contributed by atoms with Crippen LogP contribution < -0.4 is 10.2 Å². The Labute approximate surface area is 170 Å². The summed E-state index contributed by atoms with van der Waals surface area (Å²) in [5, 5.41) is 4.05. The summed E-state index contributed by atoms with van der Waals surface area (Å²) in [6.45, 7) is 1.05. The van der Waals surface area contributed by atoms with E-state index in [0.29, 0.717) is 11.7 Å². The molecule has 5 rings (SSSR count). The number of H-pyrrole nitrogens is 1. The summed E-state index contributed by atoms with van der Waals surface area (Å²) in [5.41, 5.74) is 2.24. The van der Waals surface area contributed by atoms with Gasteiger partial charge in [-0.2, -0.15) is 0 Å². The maximum atomic E-state index is 12.8. The summed E-state index contributed by atoms with van der Waals surface area (Å²) in [6.07, 6.45) is 12.4. The maximum Gasteiger partial charge on any atom is 0.274 e. The van der Waals surface area contributed by atoms with Gasteiger partial charge >= 0.3 is 0 Å². The highest BCUT2D eigenvalue weighted by atomic mass is 16.1. The van der Waals surface area contributed by atoms with Gasteiger partial charge in [-0.1, -0.05) is 19.3 Å². The summed E-state index contributed by atoms with van der Waals surface area (Å²) >= 11 is 0. The molecule has 2 aliphatic carbocycles. The fourth-order valence-corrected chi connectivity index (χ4v) is 4.36. The molecule has 0 atom stereocenters. The van der Waals surface area contributed by atoms with Crippen molar-refractivity contribution in [2.75, 3.05) is 16.8 Å². The van der Waals surface area contributed by atoms with Gasteiger partial charge in [0, 0.05) is 41.4 Å². The molecule has 29 heavy (non-hydrogen) atoms. The van der Waals surface area contributed by atoms with E-state index < -0.39 is 0 Å². The summed E-state index contributed by atoms with van der Waals surface area (Å²) in [5.74, 6) is 1.47. The van der Waals surface area contributed by atoms with Crippen LogP contribution in [0.1, 0.15) is 55.4 Å². The molecule has 0 radical (unpaired) electrons. The zero-order chi connectivity index (χ0) is 19.6. The van der Waals surface area contributed by atoms with E-state index in [1.807, 2.05) is 36.5 Å². The number of benzene rings is 1. The number of nitrogens with zero attached hydrogens (tertiary/aromatic N) is 3. The van der Waals surface area contributed by atoms with Crippen molar-refractivity contribution in [1.82, 2.24) is 15.0 Å². The molecule has 1 amide bonds. The minimum atomic E-state index is -0.196. The number of carbonyl (C=O) groups excluding carboxylic acids is 1. The molecule has 3 aromatic rings. The third-order valence-electron chi connectivity index (χ3n) is 6.16. The van der Waals surface area contributed by atoms with E-state index >= 15 is 0 Å². The molecule has 2 saturated carbocycles. The number of fused-ring (bicyclic) bond motifs is 1. The highest BCUT2D eigenvalue weighted by Crippen LogP contribution is 2.34. The molecule has 2 aliphatic rings. The van der Waals surface area contributed by atoms with E-state index in [0.717, 1.165) is 34.9 Å². The van der Waals surface area contributed by atoms with Crippen LogP contribution in [0.5, 0.6) is 0 Å². The number of amides is 1. The number of hydrogen-bond acceptors (Lipinski definition) is 4. The number of carbonyl (C=O) groups is 1. The molecular formula is C23H27N5O. The molecule has 2 aromatic heterocycles. The molecule has 2 N–H and O–H groups in total. The smallest absolute Gasteiger partial charge is 0.274 e. The molecule has 1 aromatic carbocycles. The molecule has 0 bridgehead atoms. The lowest BCUT2D eigenvalue weighted by molar-refractivity contribution is 0.102. The molecule has 0 spiro atoms. The van der Waals surface area contributed by atoms with Crippen LogP contribution in [-0.4, -0.2) is 33.4 Å². The van der Waals surface area contributed by atoms with Gasteiger partial charge < -0.3 is 15.2 Å². The Morgan fingerprint density at radius 3 is 2.76 bits per heavy atom. The Morgan fingerprint density at radius 1 is 1.07 bits per heavy atom. The lowest BCUT2D eigenvalue weighted by atomic mass is 9.94. The number of aromatic nitrogens is 3. The minimum Gasteiger partial charge on any atom is -0.361 e. The largest absolute Gasteiger partial charge is 0.361 e. The minimum absolute atomic E-state index is 0.196. The van der Waals surface area contributed by atoms with Gasteiger partial charge in [0.05, 0.1) is 0 Å². The average molecular weight is 390 g/mol. The molecule has 2 fully saturated rings. The van der Waals surface area contributed by atoms with E-state index in [-0.39, 0.29) is 5.91 Å². The third-order valence-corrected chi connectivity index (χ3v) is 6.16. The van der Waals surface area contributed by atoms with Crippen molar-refractivity contribution in [3.05, 3.63) is 48.5 Å². The maximum absolute atomic E-state index is 12.8. The van der Waals surface area contributed by atoms with E-state index in [9.17, 15) is 4.79 Å². The first-order valence-electron chi connectivity index (χ1n) is 10.7. The van der Waals surface area contributed by atoms with E-state index in [1.165, 1.54) is 51.3 Å². The van der Waals surface area contributed by atoms with Gasteiger partial charge in [0.2, 0.25) is 0 Å². The quantitative estimate of drug-likeness (QED) is 0.637. The first kappa shape index (κ1) is 18.2. The summed E-state index contributed by atoms with van der Waals surface area (Å²) in [4.78, 5) is 27.3. The number of aromatic amines is 1. The van der Waals surface area contributed by atoms with Crippen LogP contribution in [-0.2, 0) is 0 Å². The van der Waals surface area contributed by atoms with Gasteiger partial charge in [-0.15, -0.1) is 0 Å². The third kappa shape index (κ3) is 4.11. The second-order valence-electron chi connectivity index (χ2n) is 8.38. The van der Waals surface area contributed by atoms with Crippen molar-refractivity contribution >= 4 is 28.3 Å². The van der Waals surface area contributed by atoms with Crippen molar-refractivity contribution in [2.45, 2.75) is 51.0 Å². The topological polar surface area (TPSA) is 73.9 Å². The normalized spacial score (nSPS) is 17.4. The number of hydrogen-bond donors (Lipinski definition) is 2. The van der Waals surface area contributed by atoms with Crippen molar-refractivity contribution in [1.29, 1.82) is 0 Å². The zero-order valence-electron chi connectivity index (χ0n) is 16.6. The standard InChI is InChI=1S/C23H27N5O/c29-23(27-18-8-9-20-17(12-18)10-11-24-20)21-13-22(26-15-25-21)28(14-16-6-7-16)19-4-2-1-3-5-19/h8-13,15-16,19,24H,1-7,14H2,(H,27,29). The van der Waals surface area contributed by atoms with Crippen LogP contribution in [0.4, 0.5) is 11.5 Å². The second kappa shape index (κ2) is 7.85. The molecule has 0 unspecified atom stereocenters. The van der Waals surface area contributed by atoms with Crippen LogP contribution >= 0.6 is 0 Å². The van der Waals surface area contributed by atoms with Crippen molar-refractivity contribution in [3.8, 4) is 0 Å². The zero-order valence-corrected chi connectivity index (χ0v) is 16.6. The Bertz CT molecular complexity index is 1000. The number of anilines is 2. The van der Waals surface area contributed by atoms with E-state index in [2.05, 4.69) is 25.2 Å². The van der Waals surface area contributed by atoms with Crippen molar-refractivity contribution < 1.29 is 4.79 Å². The highest BCUT2D eigenvalue weighted by molar-refractivity contribution is 6.04. The van der Waals surface area contributed by atoms with Gasteiger partial charge in [0.15, 0.2) is 0 Å². The fourth-order valence-electron chi connectivity index (χ4n) is 4.36. The molecule has 150 valence electrons. The van der Waals surface area contributed by atoms with Crippen molar-refractivity contribution in [2.24, 2.45) is 5.92 Å². The average Bonchev–Trinajstić information content (AvgIpc) is 3.47. The van der Waals surface area contributed by atoms with Crippen LogP contribution in [0.25, 0.3) is 10.9 Å². The highest BCUT2D eigenvalue weighted by Gasteiger charge is 2.30. The lowest BCUT2D eigenvalue weighted by Gasteiger charge is -2.35. The monoisotopic (exact) mass is 389 g/mol. The van der Waals surface area contributed by atoms with Gasteiger partial charge in [0.1, 0.15) is 17.8 Å². The Hall–Kier alpha value is -2.89. The summed E-state index contributed by atoms with van der Waals surface area (Å²) < 4.78 is 0. The van der Waals surface area contributed by atoms with Crippen molar-refractivity contribution in [3.63, 3.8) is 0 Å². The van der Waals surface area contributed by atoms with Gasteiger partial charge in [-0.05, 0) is 55.9 Å². The second-order valence-corrected chi connectivity index (χ2v) is 8.38. The first-order valence-corrected chi connectivity index (χ1v) is 10.7. The molecule has 2 heterocycles. The van der Waals surface area contributed by atoms with Gasteiger partial charge in [-0.3, -0.25) is 4.79 Å². The Morgan fingerprint density at radius 2 is 1.93 bits per heavy atom.